The summed E-state index contributed by atoms with van der Waals surface area (Å²) in [5.41, 5.74) is 8.98. The number of nitrogens with zero attached hydrogens (tertiary/aromatic N) is 1. The molecule has 2 N–H and O–H groups in total. The van der Waals surface area contributed by atoms with Crippen molar-refractivity contribution in [2.45, 2.75) is 20.5 Å². The van der Waals surface area contributed by atoms with E-state index in [1.165, 1.54) is 0 Å². The van der Waals surface area contributed by atoms with Gasteiger partial charge in [0, 0.05) is 23.0 Å². The second-order valence-electron chi connectivity index (χ2n) is 4.71. The quantitative estimate of drug-likeness (QED) is 0.691. The number of aryl methyl sites for hydroxylation is 1. The summed E-state index contributed by atoms with van der Waals surface area (Å²) in [6.45, 7) is 3.88. The van der Waals surface area contributed by atoms with Gasteiger partial charge in [-0.1, -0.05) is 12.1 Å². The molecule has 0 amide bonds. The molecule has 5 nitrogen and oxygen atoms in total. The second kappa shape index (κ2) is 6.26. The summed E-state index contributed by atoms with van der Waals surface area (Å²) in [4.78, 5) is 16.3. The number of anilines is 1. The maximum absolute atomic E-state index is 12.0. The van der Waals surface area contributed by atoms with Crippen LogP contribution in [0.5, 0.6) is 5.75 Å². The molecule has 0 atom stereocenters. The number of carbonyl (C=O) groups excluding carboxylic acids is 1. The minimum absolute atomic E-state index is 0.0790. The van der Waals surface area contributed by atoms with Crippen molar-refractivity contribution in [2.24, 2.45) is 0 Å². The maximum Gasteiger partial charge on any atom is 0.340 e. The number of aromatic nitrogens is 1. The zero-order valence-corrected chi connectivity index (χ0v) is 12.3. The Bertz CT molecular complexity index is 669. The monoisotopic (exact) mass is 286 g/mol. The molecule has 0 aliphatic rings. The summed E-state index contributed by atoms with van der Waals surface area (Å²) in [5.74, 6) is 0.295. The van der Waals surface area contributed by atoms with Gasteiger partial charge in [0.15, 0.2) is 0 Å². The smallest absolute Gasteiger partial charge is 0.340 e. The van der Waals surface area contributed by atoms with Gasteiger partial charge in [0.05, 0.1) is 18.4 Å². The number of nitrogen functional groups attached to an aromatic ring is 1. The van der Waals surface area contributed by atoms with Crippen molar-refractivity contribution in [3.8, 4) is 5.75 Å². The third-order valence-corrected chi connectivity index (χ3v) is 3.27. The van der Waals surface area contributed by atoms with Gasteiger partial charge in [-0.2, -0.15) is 0 Å². The summed E-state index contributed by atoms with van der Waals surface area (Å²) in [5, 5.41) is 0. The highest BCUT2D eigenvalue weighted by Crippen LogP contribution is 2.24. The first-order valence-corrected chi connectivity index (χ1v) is 6.55. The summed E-state index contributed by atoms with van der Waals surface area (Å²) in [6, 6.07) is 6.80. The predicted octanol–water partition coefficient (Wildman–Crippen LogP) is 2.65. The highest BCUT2D eigenvalue weighted by molar-refractivity contribution is 5.94. The third-order valence-electron chi connectivity index (χ3n) is 3.27. The van der Waals surface area contributed by atoms with Crippen molar-refractivity contribution < 1.29 is 14.3 Å². The fourth-order valence-electron chi connectivity index (χ4n) is 2.11. The molecule has 1 aromatic carbocycles. The van der Waals surface area contributed by atoms with Gasteiger partial charge in [0.1, 0.15) is 12.4 Å². The second-order valence-corrected chi connectivity index (χ2v) is 4.71. The molecular weight excluding hydrogens is 268 g/mol. The van der Waals surface area contributed by atoms with Gasteiger partial charge in [-0.3, -0.25) is 4.98 Å². The molecular formula is C16H18N2O3. The van der Waals surface area contributed by atoms with Gasteiger partial charge in [-0.05, 0) is 26.0 Å². The normalized spacial score (nSPS) is 10.2. The Hall–Kier alpha value is -2.56. The number of para-hydroxylation sites is 1. The lowest BCUT2D eigenvalue weighted by Gasteiger charge is -2.12. The van der Waals surface area contributed by atoms with Crippen LogP contribution in [0.3, 0.4) is 0 Å². The summed E-state index contributed by atoms with van der Waals surface area (Å²) in [7, 11) is 1.61. The van der Waals surface area contributed by atoms with E-state index in [9.17, 15) is 4.79 Å². The standard InChI is InChI=1S/C16H18N2O3/c1-10-8-18-14(11(2)15(10)20-3)9-21-16(19)12-6-4-5-7-13(12)17/h4-8H,9,17H2,1-3H3. The van der Waals surface area contributed by atoms with Crippen molar-refractivity contribution in [1.29, 1.82) is 0 Å². The number of nitrogens with two attached hydrogens (primary N) is 1. The molecule has 2 rings (SSSR count). The van der Waals surface area contributed by atoms with Gasteiger partial charge >= 0.3 is 5.97 Å². The van der Waals surface area contributed by atoms with E-state index in [0.717, 1.165) is 16.9 Å². The largest absolute Gasteiger partial charge is 0.496 e. The van der Waals surface area contributed by atoms with E-state index in [1.807, 2.05) is 13.8 Å². The fraction of sp³-hybridized carbons (Fsp3) is 0.250. The molecule has 21 heavy (non-hydrogen) atoms. The minimum atomic E-state index is -0.464. The van der Waals surface area contributed by atoms with Crippen LogP contribution in [0.25, 0.3) is 0 Å². The van der Waals surface area contributed by atoms with Crippen molar-refractivity contribution in [3.63, 3.8) is 0 Å². The van der Waals surface area contributed by atoms with E-state index in [2.05, 4.69) is 4.98 Å². The Kier molecular flexibility index (Phi) is 4.42. The minimum Gasteiger partial charge on any atom is -0.496 e. The van der Waals surface area contributed by atoms with Crippen LogP contribution in [-0.2, 0) is 11.3 Å². The third kappa shape index (κ3) is 3.13. The van der Waals surface area contributed by atoms with Gasteiger partial charge in [0.2, 0.25) is 0 Å². The van der Waals surface area contributed by atoms with E-state index in [-0.39, 0.29) is 6.61 Å². The van der Waals surface area contributed by atoms with Crippen LogP contribution in [0.4, 0.5) is 5.69 Å². The molecule has 0 spiro atoms. The van der Waals surface area contributed by atoms with Crippen molar-refractivity contribution in [3.05, 3.63) is 52.8 Å². The highest BCUT2D eigenvalue weighted by atomic mass is 16.5. The van der Waals surface area contributed by atoms with E-state index >= 15 is 0 Å². The van der Waals surface area contributed by atoms with Gasteiger partial charge in [0.25, 0.3) is 0 Å². The Morgan fingerprint density at radius 1 is 1.29 bits per heavy atom. The molecule has 0 saturated heterocycles. The van der Waals surface area contributed by atoms with Crippen LogP contribution < -0.4 is 10.5 Å². The number of carbonyl (C=O) groups is 1. The molecule has 0 bridgehead atoms. The van der Waals surface area contributed by atoms with E-state index < -0.39 is 5.97 Å². The van der Waals surface area contributed by atoms with Crippen molar-refractivity contribution >= 4 is 11.7 Å². The zero-order valence-electron chi connectivity index (χ0n) is 12.3. The summed E-state index contributed by atoms with van der Waals surface area (Å²) < 4.78 is 10.6. The number of methoxy groups -OCH3 is 1. The molecule has 1 aromatic heterocycles. The number of pyridine rings is 1. The molecule has 110 valence electrons. The number of hydrogen-bond donors (Lipinski definition) is 1. The predicted molar refractivity (Wildman–Crippen MR) is 80.2 cm³/mol. The average Bonchev–Trinajstić information content (AvgIpc) is 2.47. The van der Waals surface area contributed by atoms with Crippen molar-refractivity contribution in [1.82, 2.24) is 4.98 Å². The number of rotatable bonds is 4. The van der Waals surface area contributed by atoms with Gasteiger partial charge in [-0.15, -0.1) is 0 Å². The fourth-order valence-corrected chi connectivity index (χ4v) is 2.11. The number of esters is 1. The molecule has 2 aromatic rings. The van der Waals surface area contributed by atoms with Gasteiger partial charge in [-0.25, -0.2) is 4.79 Å². The first-order valence-electron chi connectivity index (χ1n) is 6.55. The lowest BCUT2D eigenvalue weighted by Crippen LogP contribution is -2.10. The first kappa shape index (κ1) is 14.8. The first-order chi connectivity index (χ1) is 10.0. The Morgan fingerprint density at radius 2 is 2.00 bits per heavy atom. The molecule has 0 radical (unpaired) electrons. The molecule has 1 heterocycles. The Balaban J connectivity index is 2.14. The molecule has 0 saturated carbocycles. The average molecular weight is 286 g/mol. The van der Waals surface area contributed by atoms with Crippen LogP contribution in [-0.4, -0.2) is 18.1 Å². The zero-order chi connectivity index (χ0) is 15.4. The summed E-state index contributed by atoms with van der Waals surface area (Å²) >= 11 is 0. The van der Waals surface area contributed by atoms with E-state index in [4.69, 9.17) is 15.2 Å². The highest BCUT2D eigenvalue weighted by Gasteiger charge is 2.14. The molecule has 0 unspecified atom stereocenters. The number of hydrogen-bond acceptors (Lipinski definition) is 5. The van der Waals surface area contributed by atoms with E-state index in [0.29, 0.717) is 16.9 Å². The Labute approximate surface area is 123 Å². The van der Waals surface area contributed by atoms with Crippen LogP contribution in [0.1, 0.15) is 27.2 Å². The van der Waals surface area contributed by atoms with Crippen molar-refractivity contribution in [2.75, 3.05) is 12.8 Å². The van der Waals surface area contributed by atoms with Crippen LogP contribution >= 0.6 is 0 Å². The maximum atomic E-state index is 12.0. The van der Waals surface area contributed by atoms with Crippen LogP contribution in [0.2, 0.25) is 0 Å². The van der Waals surface area contributed by atoms with Crippen LogP contribution in [0.15, 0.2) is 30.5 Å². The summed E-state index contributed by atoms with van der Waals surface area (Å²) in [6.07, 6.45) is 1.70. The molecule has 5 heteroatoms. The van der Waals surface area contributed by atoms with Gasteiger partial charge < -0.3 is 15.2 Å². The number of benzene rings is 1. The Morgan fingerprint density at radius 3 is 2.67 bits per heavy atom. The molecule has 0 aliphatic heterocycles. The number of ether oxygens (including phenoxy) is 2. The van der Waals surface area contributed by atoms with E-state index in [1.54, 1.807) is 37.6 Å². The topological polar surface area (TPSA) is 74.4 Å². The van der Waals surface area contributed by atoms with Crippen LogP contribution in [0, 0.1) is 13.8 Å². The lowest BCUT2D eigenvalue weighted by molar-refractivity contribution is 0.0468. The molecule has 0 aliphatic carbocycles. The SMILES string of the molecule is COc1c(C)cnc(COC(=O)c2ccccc2N)c1C. The molecule has 0 fully saturated rings. The lowest BCUT2D eigenvalue weighted by atomic mass is 10.1.